The van der Waals surface area contributed by atoms with E-state index in [9.17, 15) is 9.59 Å². The second kappa shape index (κ2) is 13.4. The SMILES string of the molecule is CCCCCC(=O)Nc1ccc(N2CCC(Cc3ccccc3)CC2)c(C(=O)NCC2CCCO2)c1. The van der Waals surface area contributed by atoms with E-state index in [1.165, 1.54) is 5.56 Å². The number of nitrogens with zero attached hydrogens (tertiary/aromatic N) is 1. The largest absolute Gasteiger partial charge is 0.376 e. The third kappa shape index (κ3) is 7.57. The van der Waals surface area contributed by atoms with Crippen LogP contribution < -0.4 is 15.5 Å². The molecule has 2 aliphatic rings. The van der Waals surface area contributed by atoms with E-state index < -0.39 is 0 Å². The fourth-order valence-electron chi connectivity index (χ4n) is 5.26. The van der Waals surface area contributed by atoms with Crippen molar-refractivity contribution in [1.29, 1.82) is 0 Å². The zero-order valence-corrected chi connectivity index (χ0v) is 21.6. The molecule has 0 aromatic heterocycles. The summed E-state index contributed by atoms with van der Waals surface area (Å²) in [5.74, 6) is 0.555. The van der Waals surface area contributed by atoms with E-state index in [1.54, 1.807) is 0 Å². The van der Waals surface area contributed by atoms with Gasteiger partial charge in [-0.25, -0.2) is 0 Å². The molecule has 6 nitrogen and oxygen atoms in total. The van der Waals surface area contributed by atoms with Gasteiger partial charge in [0.05, 0.1) is 11.7 Å². The van der Waals surface area contributed by atoms with Gasteiger partial charge in [0.1, 0.15) is 0 Å². The van der Waals surface area contributed by atoms with Crippen molar-refractivity contribution in [3.63, 3.8) is 0 Å². The number of ether oxygens (including phenoxy) is 1. The zero-order valence-electron chi connectivity index (χ0n) is 21.6. The number of hydrogen-bond acceptors (Lipinski definition) is 4. The Bertz CT molecular complexity index is 980. The molecule has 0 radical (unpaired) electrons. The highest BCUT2D eigenvalue weighted by Crippen LogP contribution is 2.30. The first-order valence-electron chi connectivity index (χ1n) is 13.7. The molecule has 2 fully saturated rings. The molecular weight excluding hydrogens is 450 g/mol. The molecule has 36 heavy (non-hydrogen) atoms. The average Bonchev–Trinajstić information content (AvgIpc) is 3.42. The number of rotatable bonds is 11. The van der Waals surface area contributed by atoms with Gasteiger partial charge in [0.15, 0.2) is 0 Å². The van der Waals surface area contributed by atoms with Crippen molar-refractivity contribution >= 4 is 23.2 Å². The van der Waals surface area contributed by atoms with Crippen LogP contribution in [0.5, 0.6) is 0 Å². The normalized spacial score (nSPS) is 18.2. The molecular formula is C30H41N3O3. The molecule has 2 aromatic carbocycles. The highest BCUT2D eigenvalue weighted by Gasteiger charge is 2.25. The van der Waals surface area contributed by atoms with Crippen LogP contribution in [0.1, 0.15) is 74.2 Å². The van der Waals surface area contributed by atoms with Crippen molar-refractivity contribution in [1.82, 2.24) is 5.32 Å². The van der Waals surface area contributed by atoms with E-state index in [0.717, 1.165) is 76.8 Å². The van der Waals surface area contributed by atoms with Crippen LogP contribution in [-0.4, -0.2) is 44.2 Å². The summed E-state index contributed by atoms with van der Waals surface area (Å²) in [4.78, 5) is 28.0. The Labute approximate surface area is 215 Å². The maximum Gasteiger partial charge on any atom is 0.253 e. The molecule has 6 heteroatoms. The average molecular weight is 492 g/mol. The standard InChI is InChI=1S/C30H41N3O3/c1-2-3-5-12-29(34)32-25-13-14-28(27(21-25)30(35)31-22-26-11-8-19-36-26)33-17-15-24(16-18-33)20-23-9-6-4-7-10-23/h4,6-7,9-10,13-14,21,24,26H,2-3,5,8,11-12,15-20,22H2,1H3,(H,31,35)(H,32,34). The summed E-state index contributed by atoms with van der Waals surface area (Å²) >= 11 is 0. The Balaban J connectivity index is 1.43. The summed E-state index contributed by atoms with van der Waals surface area (Å²) in [6, 6.07) is 16.5. The lowest BCUT2D eigenvalue weighted by Gasteiger charge is -2.35. The summed E-state index contributed by atoms with van der Waals surface area (Å²) < 4.78 is 5.69. The Morgan fingerprint density at radius 1 is 1.03 bits per heavy atom. The fraction of sp³-hybridized carbons (Fsp3) is 0.533. The number of anilines is 2. The summed E-state index contributed by atoms with van der Waals surface area (Å²) in [7, 11) is 0. The van der Waals surface area contributed by atoms with Crippen molar-refractivity contribution in [3.8, 4) is 0 Å². The molecule has 2 aromatic rings. The first kappa shape index (κ1) is 26.2. The van der Waals surface area contributed by atoms with Gasteiger partial charge in [-0.3, -0.25) is 9.59 Å². The van der Waals surface area contributed by atoms with E-state index in [1.807, 2.05) is 18.2 Å². The Kier molecular flexibility index (Phi) is 9.79. The van der Waals surface area contributed by atoms with Gasteiger partial charge in [0.25, 0.3) is 5.91 Å². The summed E-state index contributed by atoms with van der Waals surface area (Å²) in [6.07, 6.45) is 8.93. The highest BCUT2D eigenvalue weighted by atomic mass is 16.5. The number of carbonyl (C=O) groups is 2. The van der Waals surface area contributed by atoms with Gasteiger partial charge in [0.2, 0.25) is 5.91 Å². The molecule has 2 saturated heterocycles. The first-order chi connectivity index (χ1) is 17.6. The molecule has 0 spiro atoms. The minimum atomic E-state index is -0.103. The van der Waals surface area contributed by atoms with Crippen molar-refractivity contribution in [2.75, 3.05) is 36.5 Å². The van der Waals surface area contributed by atoms with Gasteiger partial charge in [0, 0.05) is 44.0 Å². The summed E-state index contributed by atoms with van der Waals surface area (Å²) in [5, 5.41) is 6.08. The molecule has 2 amide bonds. The van der Waals surface area contributed by atoms with E-state index >= 15 is 0 Å². The van der Waals surface area contributed by atoms with Gasteiger partial charge in [-0.1, -0.05) is 50.1 Å². The minimum absolute atomic E-state index is 0.00337. The molecule has 4 rings (SSSR count). The molecule has 2 aliphatic heterocycles. The van der Waals surface area contributed by atoms with Crippen molar-refractivity contribution in [2.45, 2.75) is 70.8 Å². The smallest absolute Gasteiger partial charge is 0.253 e. The minimum Gasteiger partial charge on any atom is -0.376 e. The maximum atomic E-state index is 13.3. The monoisotopic (exact) mass is 491 g/mol. The Morgan fingerprint density at radius 3 is 2.56 bits per heavy atom. The molecule has 1 unspecified atom stereocenters. The zero-order chi connectivity index (χ0) is 25.2. The third-order valence-corrected chi connectivity index (χ3v) is 7.37. The molecule has 1 atom stereocenters. The van der Waals surface area contributed by atoms with E-state index in [4.69, 9.17) is 4.74 Å². The number of benzene rings is 2. The lowest BCUT2D eigenvalue weighted by Crippen LogP contribution is -2.37. The first-order valence-corrected chi connectivity index (χ1v) is 13.7. The number of carbonyl (C=O) groups excluding carboxylic acids is 2. The molecule has 2 N–H and O–H groups in total. The summed E-state index contributed by atoms with van der Waals surface area (Å²) in [5.41, 5.74) is 3.65. The predicted molar refractivity (Wildman–Crippen MR) is 146 cm³/mol. The van der Waals surface area contributed by atoms with Crippen LogP contribution in [0.4, 0.5) is 11.4 Å². The second-order valence-electron chi connectivity index (χ2n) is 10.2. The highest BCUT2D eigenvalue weighted by molar-refractivity contribution is 6.02. The van der Waals surface area contributed by atoms with Crippen LogP contribution in [-0.2, 0) is 16.0 Å². The molecule has 0 saturated carbocycles. The number of amides is 2. The van der Waals surface area contributed by atoms with E-state index in [2.05, 4.69) is 52.8 Å². The molecule has 0 aliphatic carbocycles. The number of nitrogens with one attached hydrogen (secondary N) is 2. The van der Waals surface area contributed by atoms with Crippen LogP contribution >= 0.6 is 0 Å². The van der Waals surface area contributed by atoms with Crippen molar-refractivity contribution in [3.05, 3.63) is 59.7 Å². The molecule has 2 heterocycles. The van der Waals surface area contributed by atoms with Crippen LogP contribution in [0.2, 0.25) is 0 Å². The van der Waals surface area contributed by atoms with Gasteiger partial charge in [-0.05, 0) is 68.2 Å². The van der Waals surface area contributed by atoms with Crippen molar-refractivity contribution < 1.29 is 14.3 Å². The maximum absolute atomic E-state index is 13.3. The Morgan fingerprint density at radius 2 is 1.83 bits per heavy atom. The molecule has 194 valence electrons. The van der Waals surface area contributed by atoms with Gasteiger partial charge < -0.3 is 20.3 Å². The van der Waals surface area contributed by atoms with Crippen LogP contribution in [0.3, 0.4) is 0 Å². The summed E-state index contributed by atoms with van der Waals surface area (Å²) in [6.45, 7) is 5.26. The lowest BCUT2D eigenvalue weighted by molar-refractivity contribution is -0.116. The van der Waals surface area contributed by atoms with Crippen LogP contribution in [0.25, 0.3) is 0 Å². The van der Waals surface area contributed by atoms with E-state index in [-0.39, 0.29) is 17.9 Å². The lowest BCUT2D eigenvalue weighted by atomic mass is 9.89. The van der Waals surface area contributed by atoms with Gasteiger partial charge in [-0.15, -0.1) is 0 Å². The second-order valence-corrected chi connectivity index (χ2v) is 10.2. The van der Waals surface area contributed by atoms with Crippen LogP contribution in [0, 0.1) is 5.92 Å². The molecule has 0 bridgehead atoms. The topological polar surface area (TPSA) is 70.7 Å². The Hall–Kier alpha value is -2.86. The van der Waals surface area contributed by atoms with Gasteiger partial charge in [-0.2, -0.15) is 0 Å². The number of hydrogen-bond donors (Lipinski definition) is 2. The van der Waals surface area contributed by atoms with Crippen LogP contribution in [0.15, 0.2) is 48.5 Å². The predicted octanol–water partition coefficient (Wildman–Crippen LogP) is 5.57. The van der Waals surface area contributed by atoms with Crippen molar-refractivity contribution in [2.24, 2.45) is 5.92 Å². The quantitative estimate of drug-likeness (QED) is 0.403. The number of unbranched alkanes of at least 4 members (excludes halogenated alkanes) is 2. The number of piperidine rings is 1. The fourth-order valence-corrected chi connectivity index (χ4v) is 5.26. The van der Waals surface area contributed by atoms with E-state index in [0.29, 0.717) is 30.1 Å². The third-order valence-electron chi connectivity index (χ3n) is 7.37. The van der Waals surface area contributed by atoms with Gasteiger partial charge >= 0.3 is 0 Å².